The van der Waals surface area contributed by atoms with E-state index >= 15 is 0 Å². The molecule has 6 heteroatoms. The number of nitrogens with one attached hydrogen (secondary N) is 1. The van der Waals surface area contributed by atoms with Gasteiger partial charge in [-0.05, 0) is 51.2 Å². The van der Waals surface area contributed by atoms with Crippen molar-refractivity contribution in [2.45, 2.75) is 65.3 Å². The van der Waals surface area contributed by atoms with Crippen LogP contribution in [0.15, 0.2) is 0 Å². The first-order valence-electron chi connectivity index (χ1n) is 11.1. The first-order chi connectivity index (χ1) is 13.2. The topological polar surface area (TPSA) is 55.9 Å². The second-order valence-corrected chi connectivity index (χ2v) is 10.1. The predicted molar refractivity (Wildman–Crippen MR) is 114 cm³/mol. The van der Waals surface area contributed by atoms with Crippen LogP contribution in [0.5, 0.6) is 0 Å². The van der Waals surface area contributed by atoms with Crippen LogP contribution in [0.4, 0.5) is 0 Å². The molecule has 1 heterocycles. The molecule has 1 atom stereocenters. The van der Waals surface area contributed by atoms with Gasteiger partial charge in [-0.2, -0.15) is 0 Å². The monoisotopic (exact) mass is 394 g/mol. The highest BCUT2D eigenvalue weighted by Crippen LogP contribution is 2.31. The van der Waals surface area contributed by atoms with Gasteiger partial charge in [0.05, 0.1) is 6.04 Å². The smallest absolute Gasteiger partial charge is 0.237 e. The second kappa shape index (κ2) is 10.6. The molecular weight excluding hydrogens is 352 g/mol. The second-order valence-electron chi connectivity index (χ2n) is 10.1. The Balaban J connectivity index is 1.90. The van der Waals surface area contributed by atoms with E-state index in [0.29, 0.717) is 12.3 Å². The van der Waals surface area contributed by atoms with E-state index in [0.717, 1.165) is 58.5 Å². The van der Waals surface area contributed by atoms with Gasteiger partial charge in [0.15, 0.2) is 0 Å². The van der Waals surface area contributed by atoms with Gasteiger partial charge in [-0.25, -0.2) is 0 Å². The van der Waals surface area contributed by atoms with Crippen molar-refractivity contribution >= 4 is 11.8 Å². The first-order valence-corrected chi connectivity index (χ1v) is 11.1. The summed E-state index contributed by atoms with van der Waals surface area (Å²) in [6, 6.07) is -0.0262. The third kappa shape index (κ3) is 7.36. The first kappa shape index (κ1) is 23.1. The Kier molecular flexibility index (Phi) is 8.75. The Hall–Kier alpha value is -1.14. The van der Waals surface area contributed by atoms with Gasteiger partial charge < -0.3 is 15.1 Å². The summed E-state index contributed by atoms with van der Waals surface area (Å²) < 4.78 is 0. The van der Waals surface area contributed by atoms with Crippen molar-refractivity contribution in [3.8, 4) is 0 Å². The maximum Gasteiger partial charge on any atom is 0.237 e. The van der Waals surface area contributed by atoms with Gasteiger partial charge in [-0.15, -0.1) is 0 Å². The number of carbonyl (C=O) groups excluding carboxylic acids is 2. The van der Waals surface area contributed by atoms with Crippen LogP contribution in [0.3, 0.4) is 0 Å². The zero-order valence-electron chi connectivity index (χ0n) is 18.8. The lowest BCUT2D eigenvalue weighted by molar-refractivity contribution is -0.136. The van der Waals surface area contributed by atoms with E-state index in [4.69, 9.17) is 0 Å². The lowest BCUT2D eigenvalue weighted by atomic mass is 9.91. The molecule has 1 aliphatic carbocycles. The van der Waals surface area contributed by atoms with Gasteiger partial charge in [-0.3, -0.25) is 14.5 Å². The molecule has 28 heavy (non-hydrogen) atoms. The summed E-state index contributed by atoms with van der Waals surface area (Å²) in [5.74, 6) is 0.906. The molecule has 1 N–H and O–H groups in total. The van der Waals surface area contributed by atoms with Gasteiger partial charge in [0.1, 0.15) is 0 Å². The van der Waals surface area contributed by atoms with Crippen molar-refractivity contribution in [2.24, 2.45) is 11.3 Å². The van der Waals surface area contributed by atoms with Gasteiger partial charge in [0.2, 0.25) is 11.8 Å². The molecule has 0 bridgehead atoms. The Morgan fingerprint density at radius 3 is 2.21 bits per heavy atom. The summed E-state index contributed by atoms with van der Waals surface area (Å²) in [6.07, 6.45) is 6.34. The number of rotatable bonds is 8. The Morgan fingerprint density at radius 1 is 1.07 bits per heavy atom. The van der Waals surface area contributed by atoms with Crippen LogP contribution in [0.2, 0.25) is 0 Å². The maximum atomic E-state index is 13.0. The largest absolute Gasteiger partial charge is 0.355 e. The molecule has 6 nitrogen and oxygen atoms in total. The van der Waals surface area contributed by atoms with E-state index < -0.39 is 0 Å². The highest BCUT2D eigenvalue weighted by molar-refractivity contribution is 5.82. The van der Waals surface area contributed by atoms with Gasteiger partial charge in [0.25, 0.3) is 0 Å². The normalized spacial score (nSPS) is 20.6. The quantitative estimate of drug-likeness (QED) is 0.641. The minimum atomic E-state index is -0.0262. The van der Waals surface area contributed by atoms with Crippen LogP contribution >= 0.6 is 0 Å². The molecule has 1 saturated carbocycles. The number of hydrogen-bond donors (Lipinski definition) is 1. The fourth-order valence-electron chi connectivity index (χ4n) is 4.48. The van der Waals surface area contributed by atoms with Crippen LogP contribution in [0.1, 0.15) is 59.3 Å². The lowest BCUT2D eigenvalue weighted by Gasteiger charge is -2.41. The number of nitrogens with zero attached hydrogens (tertiary/aromatic N) is 3. The maximum absolute atomic E-state index is 13.0. The molecule has 1 saturated heterocycles. The molecule has 0 spiro atoms. The molecular formula is C22H42N4O2. The summed E-state index contributed by atoms with van der Waals surface area (Å²) in [7, 11) is 4.12. The van der Waals surface area contributed by atoms with Crippen molar-refractivity contribution < 1.29 is 9.59 Å². The summed E-state index contributed by atoms with van der Waals surface area (Å²) in [4.78, 5) is 32.0. The van der Waals surface area contributed by atoms with Gasteiger partial charge in [0, 0.05) is 39.1 Å². The van der Waals surface area contributed by atoms with Crippen molar-refractivity contribution in [3.63, 3.8) is 0 Å². The average molecular weight is 395 g/mol. The Bertz CT molecular complexity index is 501. The van der Waals surface area contributed by atoms with Crippen molar-refractivity contribution in [1.82, 2.24) is 20.0 Å². The third-order valence-corrected chi connectivity index (χ3v) is 5.94. The molecule has 2 aliphatic rings. The highest BCUT2D eigenvalue weighted by atomic mass is 16.2. The summed E-state index contributed by atoms with van der Waals surface area (Å²) in [6.45, 7) is 11.2. The summed E-state index contributed by atoms with van der Waals surface area (Å²) >= 11 is 0. The van der Waals surface area contributed by atoms with E-state index in [9.17, 15) is 9.59 Å². The SMILES string of the molecule is CN(C)CCCNC(=O)C(C1CCCC1)N1CCN(C(=O)CC(C)(C)C)CC1. The standard InChI is InChI=1S/C22H42N4O2/c1-22(2,3)17-19(27)25-13-15-26(16-14-25)20(18-9-6-7-10-18)21(28)23-11-8-12-24(4)5/h18,20H,6-17H2,1-5H3,(H,23,28). The number of piperazine rings is 1. The van der Waals surface area contributed by atoms with Gasteiger partial charge in [-0.1, -0.05) is 33.6 Å². The fourth-order valence-corrected chi connectivity index (χ4v) is 4.48. The van der Waals surface area contributed by atoms with Crippen LogP contribution in [-0.2, 0) is 9.59 Å². The zero-order chi connectivity index (χ0) is 20.7. The molecule has 0 aromatic rings. The van der Waals surface area contributed by atoms with E-state index in [2.05, 4.69) is 50.0 Å². The fraction of sp³-hybridized carbons (Fsp3) is 0.909. The Morgan fingerprint density at radius 2 is 1.68 bits per heavy atom. The van der Waals surface area contributed by atoms with Crippen LogP contribution < -0.4 is 5.32 Å². The van der Waals surface area contributed by atoms with Crippen LogP contribution in [0.25, 0.3) is 0 Å². The van der Waals surface area contributed by atoms with Gasteiger partial charge >= 0.3 is 0 Å². The molecule has 0 aromatic heterocycles. The zero-order valence-corrected chi connectivity index (χ0v) is 18.8. The van der Waals surface area contributed by atoms with Crippen LogP contribution in [-0.4, -0.2) is 85.9 Å². The van der Waals surface area contributed by atoms with E-state index in [1.165, 1.54) is 12.8 Å². The predicted octanol–water partition coefficient (Wildman–Crippen LogP) is 2.19. The van der Waals surface area contributed by atoms with E-state index in [-0.39, 0.29) is 23.3 Å². The average Bonchev–Trinajstić information content (AvgIpc) is 3.12. The summed E-state index contributed by atoms with van der Waals surface area (Å²) in [5.41, 5.74) is 0.0209. The minimum Gasteiger partial charge on any atom is -0.355 e. The Labute approximate surface area is 172 Å². The molecule has 2 rings (SSSR count). The number of amides is 2. The molecule has 2 amide bonds. The molecule has 0 radical (unpaired) electrons. The third-order valence-electron chi connectivity index (χ3n) is 5.94. The van der Waals surface area contributed by atoms with Crippen molar-refractivity contribution in [2.75, 3.05) is 53.4 Å². The molecule has 162 valence electrons. The van der Waals surface area contributed by atoms with Crippen LogP contribution in [0, 0.1) is 11.3 Å². The van der Waals surface area contributed by atoms with E-state index in [1.807, 2.05) is 4.90 Å². The lowest BCUT2D eigenvalue weighted by Crippen LogP contribution is -2.58. The number of carbonyl (C=O) groups is 2. The minimum absolute atomic E-state index is 0.0209. The molecule has 1 aliphatic heterocycles. The highest BCUT2D eigenvalue weighted by Gasteiger charge is 2.37. The molecule has 0 aromatic carbocycles. The van der Waals surface area contributed by atoms with Crippen molar-refractivity contribution in [3.05, 3.63) is 0 Å². The number of hydrogen-bond acceptors (Lipinski definition) is 4. The molecule has 1 unspecified atom stereocenters. The van der Waals surface area contributed by atoms with E-state index in [1.54, 1.807) is 0 Å². The molecule has 2 fully saturated rings. The summed E-state index contributed by atoms with van der Waals surface area (Å²) in [5, 5.41) is 3.19. The van der Waals surface area contributed by atoms with Crippen molar-refractivity contribution in [1.29, 1.82) is 0 Å².